The van der Waals surface area contributed by atoms with Gasteiger partial charge in [0, 0.05) is 23.0 Å². The first-order valence-corrected chi connectivity index (χ1v) is 11.0. The molecule has 1 amide bonds. The first kappa shape index (κ1) is 22.8. The van der Waals surface area contributed by atoms with Crippen molar-refractivity contribution < 1.29 is 18.7 Å². The van der Waals surface area contributed by atoms with Gasteiger partial charge in [-0.15, -0.1) is 0 Å². The van der Waals surface area contributed by atoms with Gasteiger partial charge in [0.2, 0.25) is 0 Å². The molecule has 1 fully saturated rings. The molecule has 4 nitrogen and oxygen atoms in total. The normalized spacial score (nSPS) is 16.4. The standard InChI is InChI=1S/C24H29BrFNO3/c1-23(2,3)30-22(28)27-11-9-24(10-12-27,19-7-5-4-6-8-19)17-29-16-18-13-20(25)15-21(26)14-18/h4-8,13-15H,9-12,16-17H2,1-3H3. The molecule has 1 aliphatic rings. The van der Waals surface area contributed by atoms with Crippen molar-refractivity contribution >= 4 is 22.0 Å². The topological polar surface area (TPSA) is 38.8 Å². The van der Waals surface area contributed by atoms with E-state index in [1.807, 2.05) is 45.0 Å². The zero-order valence-corrected chi connectivity index (χ0v) is 19.4. The van der Waals surface area contributed by atoms with E-state index in [1.165, 1.54) is 17.7 Å². The highest BCUT2D eigenvalue weighted by molar-refractivity contribution is 9.10. The Hall–Kier alpha value is -1.92. The molecule has 0 spiro atoms. The molecule has 1 heterocycles. The van der Waals surface area contributed by atoms with Crippen LogP contribution in [-0.2, 0) is 21.5 Å². The fourth-order valence-electron chi connectivity index (χ4n) is 3.81. The summed E-state index contributed by atoms with van der Waals surface area (Å²) < 4.78 is 26.0. The van der Waals surface area contributed by atoms with Crippen LogP contribution < -0.4 is 0 Å². The van der Waals surface area contributed by atoms with Crippen molar-refractivity contribution in [3.05, 3.63) is 69.9 Å². The molecule has 0 atom stereocenters. The Kier molecular flexibility index (Phi) is 7.19. The van der Waals surface area contributed by atoms with Crippen molar-refractivity contribution in [2.75, 3.05) is 19.7 Å². The van der Waals surface area contributed by atoms with Gasteiger partial charge in [-0.1, -0.05) is 46.3 Å². The summed E-state index contributed by atoms with van der Waals surface area (Å²) in [5.41, 5.74) is 1.29. The molecule has 2 aromatic rings. The number of nitrogens with zero attached hydrogens (tertiary/aromatic N) is 1. The number of benzene rings is 2. The zero-order valence-electron chi connectivity index (χ0n) is 17.8. The lowest BCUT2D eigenvalue weighted by Gasteiger charge is -2.42. The highest BCUT2D eigenvalue weighted by atomic mass is 79.9. The zero-order chi connectivity index (χ0) is 21.8. The van der Waals surface area contributed by atoms with Crippen LogP contribution in [0.4, 0.5) is 9.18 Å². The van der Waals surface area contributed by atoms with Crippen molar-refractivity contribution in [1.82, 2.24) is 4.90 Å². The molecule has 0 aromatic heterocycles. The molecule has 1 saturated heterocycles. The summed E-state index contributed by atoms with van der Waals surface area (Å²) in [6.45, 7) is 7.69. The highest BCUT2D eigenvalue weighted by Gasteiger charge is 2.38. The third-order valence-corrected chi connectivity index (χ3v) is 5.79. The summed E-state index contributed by atoms with van der Waals surface area (Å²) >= 11 is 3.32. The molecule has 0 N–H and O–H groups in total. The molecule has 162 valence electrons. The monoisotopic (exact) mass is 477 g/mol. The number of hydrogen-bond acceptors (Lipinski definition) is 3. The van der Waals surface area contributed by atoms with Crippen LogP contribution in [0.15, 0.2) is 53.0 Å². The second-order valence-corrected chi connectivity index (χ2v) is 9.80. The van der Waals surface area contributed by atoms with E-state index in [4.69, 9.17) is 9.47 Å². The smallest absolute Gasteiger partial charge is 0.410 e. The number of piperidine rings is 1. The maximum Gasteiger partial charge on any atom is 0.410 e. The molecule has 6 heteroatoms. The molecule has 0 unspecified atom stereocenters. The summed E-state index contributed by atoms with van der Waals surface area (Å²) in [6.07, 6.45) is 1.29. The Morgan fingerprint density at radius 3 is 2.40 bits per heavy atom. The van der Waals surface area contributed by atoms with Crippen LogP contribution in [0.2, 0.25) is 0 Å². The maximum absolute atomic E-state index is 13.7. The van der Waals surface area contributed by atoms with E-state index in [2.05, 4.69) is 28.1 Å². The Morgan fingerprint density at radius 2 is 1.80 bits per heavy atom. The molecular weight excluding hydrogens is 449 g/mol. The summed E-state index contributed by atoms with van der Waals surface area (Å²) in [4.78, 5) is 14.2. The van der Waals surface area contributed by atoms with Crippen molar-refractivity contribution in [2.24, 2.45) is 0 Å². The van der Waals surface area contributed by atoms with Gasteiger partial charge in [0.25, 0.3) is 0 Å². The maximum atomic E-state index is 13.7. The van der Waals surface area contributed by atoms with Crippen LogP contribution in [0.5, 0.6) is 0 Å². The van der Waals surface area contributed by atoms with Gasteiger partial charge in [-0.2, -0.15) is 0 Å². The number of amides is 1. The lowest BCUT2D eigenvalue weighted by Crippen LogP contribution is -2.48. The van der Waals surface area contributed by atoms with Gasteiger partial charge in [0.15, 0.2) is 0 Å². The summed E-state index contributed by atoms with van der Waals surface area (Å²) in [5, 5.41) is 0. The lowest BCUT2D eigenvalue weighted by atomic mass is 9.73. The van der Waals surface area contributed by atoms with Crippen molar-refractivity contribution in [2.45, 2.75) is 51.2 Å². The second-order valence-electron chi connectivity index (χ2n) is 8.88. The van der Waals surface area contributed by atoms with Crippen LogP contribution >= 0.6 is 15.9 Å². The van der Waals surface area contributed by atoms with Crippen LogP contribution in [0.25, 0.3) is 0 Å². The number of ether oxygens (including phenoxy) is 2. The SMILES string of the molecule is CC(C)(C)OC(=O)N1CCC(COCc2cc(F)cc(Br)c2)(c2ccccc2)CC1. The summed E-state index contributed by atoms with van der Waals surface area (Å²) in [7, 11) is 0. The number of carbonyl (C=O) groups is 1. The first-order valence-electron chi connectivity index (χ1n) is 10.2. The van der Waals surface area contributed by atoms with E-state index in [-0.39, 0.29) is 17.3 Å². The van der Waals surface area contributed by atoms with Gasteiger partial charge in [-0.25, -0.2) is 9.18 Å². The molecule has 30 heavy (non-hydrogen) atoms. The van der Waals surface area contributed by atoms with Gasteiger partial charge in [0.1, 0.15) is 11.4 Å². The fourth-order valence-corrected chi connectivity index (χ4v) is 4.32. The van der Waals surface area contributed by atoms with Crippen LogP contribution in [-0.4, -0.2) is 36.3 Å². The Labute approximate surface area is 186 Å². The highest BCUT2D eigenvalue weighted by Crippen LogP contribution is 2.36. The van der Waals surface area contributed by atoms with Crippen molar-refractivity contribution in [1.29, 1.82) is 0 Å². The minimum absolute atomic E-state index is 0.190. The van der Waals surface area contributed by atoms with Crippen LogP contribution in [0.3, 0.4) is 0 Å². The van der Waals surface area contributed by atoms with Gasteiger partial charge >= 0.3 is 6.09 Å². The fraction of sp³-hybridized carbons (Fsp3) is 0.458. The van der Waals surface area contributed by atoms with Gasteiger partial charge in [-0.05, 0) is 62.9 Å². The van der Waals surface area contributed by atoms with Crippen molar-refractivity contribution in [3.8, 4) is 0 Å². The summed E-state index contributed by atoms with van der Waals surface area (Å²) in [5.74, 6) is -0.286. The number of carbonyl (C=O) groups excluding carboxylic acids is 1. The largest absolute Gasteiger partial charge is 0.444 e. The molecular formula is C24H29BrFNO3. The Bertz CT molecular complexity index is 838. The summed E-state index contributed by atoms with van der Waals surface area (Å²) in [6, 6.07) is 15.1. The second kappa shape index (κ2) is 9.48. The van der Waals surface area contributed by atoms with Gasteiger partial charge in [-0.3, -0.25) is 0 Å². The molecule has 0 bridgehead atoms. The first-order chi connectivity index (χ1) is 14.2. The van der Waals surface area contributed by atoms with Gasteiger partial charge in [0.05, 0.1) is 13.2 Å². The molecule has 2 aromatic carbocycles. The average molecular weight is 478 g/mol. The number of likely N-dealkylation sites (tertiary alicyclic amines) is 1. The van der Waals surface area contributed by atoms with Crippen LogP contribution in [0, 0.1) is 5.82 Å². The van der Waals surface area contributed by atoms with E-state index in [9.17, 15) is 9.18 Å². The minimum Gasteiger partial charge on any atom is -0.444 e. The third kappa shape index (κ3) is 6.05. The Balaban J connectivity index is 1.68. The predicted octanol–water partition coefficient (Wildman–Crippen LogP) is 6.07. The average Bonchev–Trinajstić information content (AvgIpc) is 2.67. The molecule has 0 saturated carbocycles. The molecule has 1 aliphatic heterocycles. The number of halogens is 2. The molecule has 0 radical (unpaired) electrons. The lowest BCUT2D eigenvalue weighted by molar-refractivity contribution is 0.00332. The number of rotatable bonds is 5. The van der Waals surface area contributed by atoms with E-state index < -0.39 is 5.60 Å². The van der Waals surface area contributed by atoms with E-state index in [0.29, 0.717) is 30.8 Å². The van der Waals surface area contributed by atoms with Crippen molar-refractivity contribution in [3.63, 3.8) is 0 Å². The molecule has 3 rings (SSSR count). The van der Waals surface area contributed by atoms with E-state index >= 15 is 0 Å². The van der Waals surface area contributed by atoms with E-state index in [0.717, 1.165) is 18.4 Å². The number of hydrogen-bond donors (Lipinski definition) is 0. The quantitative estimate of drug-likeness (QED) is 0.524. The third-order valence-electron chi connectivity index (χ3n) is 5.33. The van der Waals surface area contributed by atoms with Gasteiger partial charge < -0.3 is 14.4 Å². The molecule has 0 aliphatic carbocycles. The Morgan fingerprint density at radius 1 is 1.13 bits per heavy atom. The van der Waals surface area contributed by atoms with E-state index in [1.54, 1.807) is 4.90 Å². The minimum atomic E-state index is -0.507. The predicted molar refractivity (Wildman–Crippen MR) is 119 cm³/mol. The van der Waals surface area contributed by atoms with Crippen LogP contribution in [0.1, 0.15) is 44.7 Å².